The smallest absolute Gasteiger partial charge is 0.261 e. The lowest BCUT2D eigenvalue weighted by molar-refractivity contribution is -0.119. The van der Waals surface area contributed by atoms with Gasteiger partial charge in [0.05, 0.1) is 10.6 Å². The Morgan fingerprint density at radius 2 is 2.10 bits per heavy atom. The van der Waals surface area contributed by atoms with Gasteiger partial charge in [0.2, 0.25) is 5.91 Å². The van der Waals surface area contributed by atoms with Gasteiger partial charge in [0.1, 0.15) is 0 Å². The van der Waals surface area contributed by atoms with Gasteiger partial charge in [-0.25, -0.2) is 8.42 Å². The highest BCUT2D eigenvalue weighted by molar-refractivity contribution is 8.13. The molecular formula is C13H14ClNO3S2. The van der Waals surface area contributed by atoms with E-state index < -0.39 is 9.05 Å². The van der Waals surface area contributed by atoms with Crippen molar-refractivity contribution in [1.82, 2.24) is 0 Å². The zero-order valence-electron chi connectivity index (χ0n) is 10.9. The molecule has 3 rings (SSSR count). The summed E-state index contributed by atoms with van der Waals surface area (Å²) in [6.07, 6.45) is 1.86. The Kier molecular flexibility index (Phi) is 3.51. The number of hydrogen-bond acceptors (Lipinski definition) is 4. The first-order valence-electron chi connectivity index (χ1n) is 6.43. The van der Waals surface area contributed by atoms with Crippen LogP contribution in [-0.4, -0.2) is 26.1 Å². The molecule has 1 saturated carbocycles. The number of thioether (sulfide) groups is 1. The van der Waals surface area contributed by atoms with Gasteiger partial charge in [-0.1, -0.05) is 6.92 Å². The van der Waals surface area contributed by atoms with Crippen LogP contribution in [-0.2, 0) is 13.8 Å². The molecule has 1 amide bonds. The van der Waals surface area contributed by atoms with Gasteiger partial charge in [-0.3, -0.25) is 4.79 Å². The molecule has 4 nitrogen and oxygen atoms in total. The molecule has 0 radical (unpaired) electrons. The van der Waals surface area contributed by atoms with Crippen molar-refractivity contribution >= 4 is 43.1 Å². The fourth-order valence-corrected chi connectivity index (χ4v) is 4.19. The van der Waals surface area contributed by atoms with Crippen LogP contribution in [0.25, 0.3) is 0 Å². The fourth-order valence-electron chi connectivity index (χ4n) is 2.33. The van der Waals surface area contributed by atoms with Crippen molar-refractivity contribution in [3.05, 3.63) is 18.2 Å². The monoisotopic (exact) mass is 331 g/mol. The summed E-state index contributed by atoms with van der Waals surface area (Å²) in [7, 11) is 1.62. The molecule has 20 heavy (non-hydrogen) atoms. The molecule has 2 aliphatic rings. The minimum Gasteiger partial charge on any atom is -0.310 e. The van der Waals surface area contributed by atoms with Crippen LogP contribution in [0.4, 0.5) is 5.69 Å². The fraction of sp³-hybridized carbons (Fsp3) is 0.462. The summed E-state index contributed by atoms with van der Waals surface area (Å²) < 4.78 is 22.9. The molecule has 0 unspecified atom stereocenters. The van der Waals surface area contributed by atoms with E-state index in [0.29, 0.717) is 17.5 Å². The Balaban J connectivity index is 2.05. The zero-order valence-corrected chi connectivity index (χ0v) is 13.3. The number of nitrogens with zero attached hydrogens (tertiary/aromatic N) is 1. The number of carbonyl (C=O) groups excluding carboxylic acids is 1. The number of benzene rings is 1. The van der Waals surface area contributed by atoms with Crippen molar-refractivity contribution in [2.24, 2.45) is 5.92 Å². The first-order valence-corrected chi connectivity index (χ1v) is 9.62. The second kappa shape index (κ2) is 4.93. The molecule has 0 bridgehead atoms. The highest BCUT2D eigenvalue weighted by Crippen LogP contribution is 2.42. The van der Waals surface area contributed by atoms with Crippen molar-refractivity contribution in [2.75, 3.05) is 11.4 Å². The van der Waals surface area contributed by atoms with E-state index in [1.54, 1.807) is 22.7 Å². The van der Waals surface area contributed by atoms with E-state index in [2.05, 4.69) is 6.92 Å². The number of rotatable bonds is 2. The third-order valence-electron chi connectivity index (χ3n) is 3.46. The van der Waals surface area contributed by atoms with Gasteiger partial charge in [0.15, 0.2) is 0 Å². The van der Waals surface area contributed by atoms with Crippen molar-refractivity contribution in [1.29, 1.82) is 0 Å². The largest absolute Gasteiger partial charge is 0.310 e. The summed E-state index contributed by atoms with van der Waals surface area (Å²) in [5.74, 6) is 0.205. The Morgan fingerprint density at radius 3 is 2.70 bits per heavy atom. The molecule has 1 aromatic carbocycles. The van der Waals surface area contributed by atoms with Crippen molar-refractivity contribution in [3.63, 3.8) is 0 Å². The molecule has 1 aliphatic carbocycles. The molecule has 1 aromatic rings. The average molecular weight is 332 g/mol. The number of anilines is 1. The molecule has 0 saturated heterocycles. The van der Waals surface area contributed by atoms with E-state index in [0.717, 1.165) is 17.7 Å². The summed E-state index contributed by atoms with van der Waals surface area (Å²) in [4.78, 5) is 15.1. The predicted molar refractivity (Wildman–Crippen MR) is 79.9 cm³/mol. The third kappa shape index (κ3) is 2.69. The molecule has 108 valence electrons. The Labute approximate surface area is 126 Å². The molecule has 7 heteroatoms. The number of carbonyl (C=O) groups is 1. The third-order valence-corrected chi connectivity index (χ3v) is 5.97. The molecule has 1 fully saturated rings. The maximum Gasteiger partial charge on any atom is 0.261 e. The minimum absolute atomic E-state index is 0.0432. The van der Waals surface area contributed by atoms with Gasteiger partial charge in [-0.05, 0) is 31.0 Å². The molecule has 1 aliphatic heterocycles. The lowest BCUT2D eigenvalue weighted by atomic mass is 10.2. The highest BCUT2D eigenvalue weighted by Gasteiger charge is 2.37. The second-order valence-corrected chi connectivity index (χ2v) is 9.27. The number of halogens is 1. The normalized spacial score (nSPS) is 22.5. The number of fused-ring (bicyclic) bond motifs is 1. The van der Waals surface area contributed by atoms with Gasteiger partial charge in [-0.15, -0.1) is 11.8 Å². The minimum atomic E-state index is -3.78. The SMILES string of the molecule is C[C@H]1CN(C(=O)C2CC2)c2cc(S(=O)(=O)Cl)ccc2S1. The molecule has 1 heterocycles. The van der Waals surface area contributed by atoms with Crippen molar-refractivity contribution in [3.8, 4) is 0 Å². The summed E-state index contributed by atoms with van der Waals surface area (Å²) in [6, 6.07) is 4.74. The van der Waals surface area contributed by atoms with Crippen LogP contribution in [0.1, 0.15) is 19.8 Å². The van der Waals surface area contributed by atoms with Crippen LogP contribution in [0.2, 0.25) is 0 Å². The van der Waals surface area contributed by atoms with Gasteiger partial charge < -0.3 is 4.90 Å². The lowest BCUT2D eigenvalue weighted by Gasteiger charge is -2.33. The lowest BCUT2D eigenvalue weighted by Crippen LogP contribution is -2.39. The molecule has 0 aromatic heterocycles. The van der Waals surface area contributed by atoms with Gasteiger partial charge >= 0.3 is 0 Å². The zero-order chi connectivity index (χ0) is 14.5. The van der Waals surface area contributed by atoms with Crippen LogP contribution in [0.15, 0.2) is 28.0 Å². The topological polar surface area (TPSA) is 54.5 Å². The first kappa shape index (κ1) is 14.2. The number of amides is 1. The van der Waals surface area contributed by atoms with E-state index in [1.165, 1.54) is 12.1 Å². The van der Waals surface area contributed by atoms with Crippen LogP contribution >= 0.6 is 22.4 Å². The van der Waals surface area contributed by atoms with Crippen LogP contribution < -0.4 is 4.90 Å². The van der Waals surface area contributed by atoms with Gasteiger partial charge in [0, 0.05) is 33.3 Å². The standard InChI is InChI=1S/C13H14ClNO3S2/c1-8-7-15(13(16)9-2-3-9)11-6-10(20(14,17)18)4-5-12(11)19-8/h4-6,8-9H,2-3,7H2,1H3/t8-/m0/s1. The van der Waals surface area contributed by atoms with Crippen molar-refractivity contribution in [2.45, 2.75) is 34.8 Å². The molecule has 0 N–H and O–H groups in total. The van der Waals surface area contributed by atoms with E-state index in [4.69, 9.17) is 10.7 Å². The van der Waals surface area contributed by atoms with E-state index >= 15 is 0 Å². The van der Waals surface area contributed by atoms with E-state index in [9.17, 15) is 13.2 Å². The summed E-state index contributed by atoms with van der Waals surface area (Å²) >= 11 is 1.65. The quantitative estimate of drug-likeness (QED) is 0.782. The number of hydrogen-bond donors (Lipinski definition) is 0. The summed E-state index contributed by atoms with van der Waals surface area (Å²) in [5, 5.41) is 0.295. The van der Waals surface area contributed by atoms with Gasteiger partial charge in [-0.2, -0.15) is 0 Å². The van der Waals surface area contributed by atoms with E-state index in [1.807, 2.05) is 0 Å². The molecular weight excluding hydrogens is 318 g/mol. The Morgan fingerprint density at radius 1 is 1.40 bits per heavy atom. The highest BCUT2D eigenvalue weighted by atomic mass is 35.7. The Bertz CT molecular complexity index is 670. The van der Waals surface area contributed by atoms with Gasteiger partial charge in [0.25, 0.3) is 9.05 Å². The van der Waals surface area contributed by atoms with E-state index in [-0.39, 0.29) is 16.7 Å². The van der Waals surface area contributed by atoms with Crippen LogP contribution in [0.3, 0.4) is 0 Å². The predicted octanol–water partition coefficient (Wildman–Crippen LogP) is 2.85. The molecule has 1 atom stereocenters. The summed E-state index contributed by atoms with van der Waals surface area (Å²) in [5.41, 5.74) is 0.673. The second-order valence-electron chi connectivity index (χ2n) is 5.22. The maximum absolute atomic E-state index is 12.4. The van der Waals surface area contributed by atoms with Crippen LogP contribution in [0, 0.1) is 5.92 Å². The van der Waals surface area contributed by atoms with Crippen molar-refractivity contribution < 1.29 is 13.2 Å². The Hall–Kier alpha value is -0.720. The average Bonchev–Trinajstić information content (AvgIpc) is 3.19. The maximum atomic E-state index is 12.4. The molecule has 0 spiro atoms. The summed E-state index contributed by atoms with van der Waals surface area (Å²) in [6.45, 7) is 2.67. The van der Waals surface area contributed by atoms with Crippen LogP contribution in [0.5, 0.6) is 0 Å². The first-order chi connectivity index (χ1) is 9.36.